The number of aldehydes is 1. The molecule has 1 atom stereocenters. The molecule has 5 rings (SSSR count). The third-order valence-corrected chi connectivity index (χ3v) is 6.88. The first-order valence-corrected chi connectivity index (χ1v) is 12.5. The number of carbonyl (C=O) groups is 2. The first-order valence-electron chi connectivity index (χ1n) is 12.5. The van der Waals surface area contributed by atoms with Gasteiger partial charge in [0, 0.05) is 42.3 Å². The molecule has 37 heavy (non-hydrogen) atoms. The van der Waals surface area contributed by atoms with E-state index in [1.165, 1.54) is 11.9 Å². The van der Waals surface area contributed by atoms with E-state index in [0.717, 1.165) is 60.3 Å². The van der Waals surface area contributed by atoms with E-state index in [2.05, 4.69) is 32.7 Å². The lowest BCUT2D eigenvalue weighted by Crippen LogP contribution is -2.42. The van der Waals surface area contributed by atoms with Crippen molar-refractivity contribution in [3.05, 3.63) is 71.9 Å². The average molecular weight is 498 g/mol. The Hall–Kier alpha value is -4.11. The smallest absolute Gasteiger partial charge is 0.236 e. The number of carbonyl (C=O) groups excluding carboxylic acids is 2. The number of nitrogens with zero attached hydrogens (tertiary/aromatic N) is 5. The van der Waals surface area contributed by atoms with Crippen molar-refractivity contribution in [1.82, 2.24) is 30.1 Å². The van der Waals surface area contributed by atoms with Crippen LogP contribution in [-0.2, 0) is 9.59 Å². The largest absolute Gasteiger partial charge is 0.378 e. The summed E-state index contributed by atoms with van der Waals surface area (Å²) in [5, 5.41) is 6.53. The van der Waals surface area contributed by atoms with Gasteiger partial charge in [-0.15, -0.1) is 0 Å². The van der Waals surface area contributed by atoms with Gasteiger partial charge in [0.15, 0.2) is 0 Å². The SMILES string of the molecule is CN(C)CC(=O)N1CCC(c2ccc(Nc3nc(-c4cncnc4)cc4c3C(C=O)NC=C4)cc2)CC1. The maximum atomic E-state index is 12.4. The molecule has 0 radical (unpaired) electrons. The highest BCUT2D eigenvalue weighted by Gasteiger charge is 2.25. The number of likely N-dealkylation sites (tertiary alicyclic amines) is 1. The van der Waals surface area contributed by atoms with E-state index >= 15 is 0 Å². The summed E-state index contributed by atoms with van der Waals surface area (Å²) < 4.78 is 0. The molecule has 1 unspecified atom stereocenters. The maximum absolute atomic E-state index is 12.4. The number of rotatable bonds is 7. The molecular formula is C28H31N7O2. The Morgan fingerprint density at radius 2 is 1.89 bits per heavy atom. The van der Waals surface area contributed by atoms with E-state index in [1.807, 2.05) is 48.2 Å². The fourth-order valence-electron chi connectivity index (χ4n) is 4.95. The average Bonchev–Trinajstić information content (AvgIpc) is 2.93. The zero-order valence-electron chi connectivity index (χ0n) is 21.1. The van der Waals surface area contributed by atoms with E-state index in [0.29, 0.717) is 18.3 Å². The first kappa shape index (κ1) is 24.6. The van der Waals surface area contributed by atoms with Crippen LogP contribution in [0.1, 0.15) is 41.5 Å². The van der Waals surface area contributed by atoms with Crippen molar-refractivity contribution in [3.63, 3.8) is 0 Å². The Morgan fingerprint density at radius 3 is 2.57 bits per heavy atom. The number of anilines is 2. The molecule has 0 saturated carbocycles. The molecule has 2 aliphatic rings. The van der Waals surface area contributed by atoms with Crippen LogP contribution in [0.3, 0.4) is 0 Å². The Balaban J connectivity index is 1.34. The van der Waals surface area contributed by atoms with E-state index in [1.54, 1.807) is 18.6 Å². The van der Waals surface area contributed by atoms with Gasteiger partial charge < -0.3 is 25.2 Å². The molecule has 4 heterocycles. The molecule has 190 valence electrons. The fourth-order valence-corrected chi connectivity index (χ4v) is 4.95. The van der Waals surface area contributed by atoms with Crippen molar-refractivity contribution >= 4 is 29.8 Å². The van der Waals surface area contributed by atoms with Gasteiger partial charge in [-0.2, -0.15) is 0 Å². The second-order valence-electron chi connectivity index (χ2n) is 9.74. The van der Waals surface area contributed by atoms with Crippen molar-refractivity contribution in [2.75, 3.05) is 39.0 Å². The summed E-state index contributed by atoms with van der Waals surface area (Å²) in [6.07, 6.45) is 11.5. The summed E-state index contributed by atoms with van der Waals surface area (Å²) in [7, 11) is 3.84. The van der Waals surface area contributed by atoms with Crippen LogP contribution in [-0.4, -0.2) is 70.7 Å². The monoisotopic (exact) mass is 497 g/mol. The Labute approximate surface area is 216 Å². The van der Waals surface area contributed by atoms with Gasteiger partial charge in [-0.05, 0) is 74.5 Å². The molecule has 2 aromatic heterocycles. The molecule has 2 aliphatic heterocycles. The second-order valence-corrected chi connectivity index (χ2v) is 9.74. The first-order chi connectivity index (χ1) is 18.0. The highest BCUT2D eigenvalue weighted by molar-refractivity contribution is 5.80. The van der Waals surface area contributed by atoms with Crippen molar-refractivity contribution in [3.8, 4) is 11.3 Å². The van der Waals surface area contributed by atoms with Crippen LogP contribution >= 0.6 is 0 Å². The van der Waals surface area contributed by atoms with Crippen LogP contribution < -0.4 is 10.6 Å². The van der Waals surface area contributed by atoms with Crippen molar-refractivity contribution < 1.29 is 9.59 Å². The van der Waals surface area contributed by atoms with Crippen LogP contribution in [0, 0.1) is 0 Å². The van der Waals surface area contributed by atoms with Crippen LogP contribution in [0.2, 0.25) is 0 Å². The van der Waals surface area contributed by atoms with Crippen LogP contribution in [0.5, 0.6) is 0 Å². The van der Waals surface area contributed by atoms with Gasteiger partial charge >= 0.3 is 0 Å². The van der Waals surface area contributed by atoms with Crippen molar-refractivity contribution in [2.24, 2.45) is 0 Å². The van der Waals surface area contributed by atoms with Gasteiger partial charge in [-0.3, -0.25) is 4.79 Å². The third kappa shape index (κ3) is 5.51. The van der Waals surface area contributed by atoms with E-state index in [-0.39, 0.29) is 5.91 Å². The minimum absolute atomic E-state index is 0.195. The van der Waals surface area contributed by atoms with Crippen LogP contribution in [0.15, 0.2) is 55.3 Å². The van der Waals surface area contributed by atoms with Crippen LogP contribution in [0.25, 0.3) is 17.3 Å². The summed E-state index contributed by atoms with van der Waals surface area (Å²) >= 11 is 0. The molecule has 3 aromatic rings. The number of nitrogens with one attached hydrogen (secondary N) is 2. The molecule has 1 aromatic carbocycles. The molecule has 1 fully saturated rings. The van der Waals surface area contributed by atoms with Crippen molar-refractivity contribution in [1.29, 1.82) is 0 Å². The number of piperidine rings is 1. The van der Waals surface area contributed by atoms with Gasteiger partial charge in [0.05, 0.1) is 12.2 Å². The number of amides is 1. The molecule has 9 heteroatoms. The van der Waals surface area contributed by atoms with E-state index < -0.39 is 6.04 Å². The molecular weight excluding hydrogens is 466 g/mol. The number of aromatic nitrogens is 3. The number of likely N-dealkylation sites (N-methyl/N-ethyl adjacent to an activating group) is 1. The molecule has 0 aliphatic carbocycles. The van der Waals surface area contributed by atoms with E-state index in [9.17, 15) is 9.59 Å². The summed E-state index contributed by atoms with van der Waals surface area (Å²) in [6, 6.07) is 9.84. The van der Waals surface area contributed by atoms with Gasteiger partial charge in [-0.25, -0.2) is 15.0 Å². The zero-order valence-corrected chi connectivity index (χ0v) is 21.1. The lowest BCUT2D eigenvalue weighted by Gasteiger charge is -2.33. The lowest BCUT2D eigenvalue weighted by molar-refractivity contribution is -0.132. The lowest BCUT2D eigenvalue weighted by atomic mass is 9.89. The summed E-state index contributed by atoms with van der Waals surface area (Å²) in [6.45, 7) is 2.03. The standard InChI is InChI=1S/C28H31N7O2/c1-34(2)16-26(37)35-11-8-20(9-12-35)19-3-5-23(6-4-19)32-28-27-21(7-10-31-25(27)17-36)13-24(33-28)22-14-29-18-30-15-22/h3-7,10,13-15,17-18,20,25,31H,8-9,11-12,16H2,1-2H3,(H,32,33). The predicted octanol–water partition coefficient (Wildman–Crippen LogP) is 3.36. The Kier molecular flexibility index (Phi) is 7.23. The quantitative estimate of drug-likeness (QED) is 0.479. The second kappa shape index (κ2) is 10.9. The van der Waals surface area contributed by atoms with Gasteiger partial charge in [-0.1, -0.05) is 12.1 Å². The molecule has 9 nitrogen and oxygen atoms in total. The topological polar surface area (TPSA) is 103 Å². The highest BCUT2D eigenvalue weighted by Crippen LogP contribution is 2.34. The third-order valence-electron chi connectivity index (χ3n) is 6.88. The number of pyridine rings is 1. The molecule has 0 bridgehead atoms. The number of fused-ring (bicyclic) bond motifs is 1. The molecule has 1 saturated heterocycles. The zero-order chi connectivity index (χ0) is 25.8. The fraction of sp³-hybridized carbons (Fsp3) is 0.321. The minimum atomic E-state index is -0.490. The Morgan fingerprint density at radius 1 is 1.16 bits per heavy atom. The predicted molar refractivity (Wildman–Crippen MR) is 143 cm³/mol. The van der Waals surface area contributed by atoms with Gasteiger partial charge in [0.25, 0.3) is 0 Å². The van der Waals surface area contributed by atoms with Gasteiger partial charge in [0.1, 0.15) is 24.5 Å². The molecule has 2 N–H and O–H groups in total. The number of benzene rings is 1. The number of hydrogen-bond acceptors (Lipinski definition) is 8. The van der Waals surface area contributed by atoms with Crippen molar-refractivity contribution in [2.45, 2.75) is 24.8 Å². The number of hydrogen-bond donors (Lipinski definition) is 2. The molecule has 1 amide bonds. The summed E-state index contributed by atoms with van der Waals surface area (Å²) in [5.74, 6) is 1.24. The van der Waals surface area contributed by atoms with Gasteiger partial charge in [0.2, 0.25) is 5.91 Å². The minimum Gasteiger partial charge on any atom is -0.378 e. The highest BCUT2D eigenvalue weighted by atomic mass is 16.2. The summed E-state index contributed by atoms with van der Waals surface area (Å²) in [5.41, 5.74) is 5.40. The Bertz CT molecular complexity index is 1280. The maximum Gasteiger partial charge on any atom is 0.236 e. The van der Waals surface area contributed by atoms with E-state index in [4.69, 9.17) is 4.98 Å². The molecule has 0 spiro atoms. The normalized spacial score (nSPS) is 17.3. The van der Waals surface area contributed by atoms with Crippen LogP contribution in [0.4, 0.5) is 11.5 Å². The summed E-state index contributed by atoms with van der Waals surface area (Å²) in [4.78, 5) is 41.1.